The van der Waals surface area contributed by atoms with Gasteiger partial charge in [-0.2, -0.15) is 0 Å². The molecule has 0 bridgehead atoms. The molecule has 1 rings (SSSR count). The van der Waals surface area contributed by atoms with Crippen LogP contribution in [-0.4, -0.2) is 25.4 Å². The molecule has 2 N–H and O–H groups in total. The summed E-state index contributed by atoms with van der Waals surface area (Å²) in [4.78, 5) is 23.6. The topological polar surface area (TPSA) is 76.7 Å². The van der Waals surface area contributed by atoms with Gasteiger partial charge < -0.3 is 9.47 Å². The Morgan fingerprint density at radius 2 is 1.52 bits per heavy atom. The van der Waals surface area contributed by atoms with Gasteiger partial charge >= 0.3 is 12.2 Å². The Kier molecular flexibility index (Phi) is 8.57. The molecule has 0 spiro atoms. The van der Waals surface area contributed by atoms with Gasteiger partial charge in [0.25, 0.3) is 0 Å². The fourth-order valence-corrected chi connectivity index (χ4v) is 1.84. The second-order valence-electron chi connectivity index (χ2n) is 5.23. The quantitative estimate of drug-likeness (QED) is 0.681. The molecule has 128 valence electrons. The van der Waals surface area contributed by atoms with Crippen molar-refractivity contribution in [3.63, 3.8) is 0 Å². The number of anilines is 2. The summed E-state index contributed by atoms with van der Waals surface area (Å²) in [6, 6.07) is 5.34. The van der Waals surface area contributed by atoms with Crippen molar-refractivity contribution in [2.45, 2.75) is 46.5 Å². The molecule has 0 radical (unpaired) electrons. The molecule has 0 fully saturated rings. The fraction of sp³-hybridized carbons (Fsp3) is 0.529. The van der Waals surface area contributed by atoms with Gasteiger partial charge in [0.15, 0.2) is 0 Å². The van der Waals surface area contributed by atoms with E-state index in [1.807, 2.05) is 26.8 Å². The van der Waals surface area contributed by atoms with Gasteiger partial charge in [0.2, 0.25) is 0 Å². The van der Waals surface area contributed by atoms with E-state index in [0.717, 1.165) is 31.2 Å². The highest BCUT2D eigenvalue weighted by atomic mass is 16.6. The number of ether oxygens (including phenoxy) is 2. The molecule has 1 aromatic carbocycles. The van der Waals surface area contributed by atoms with Gasteiger partial charge in [-0.1, -0.05) is 38.8 Å². The summed E-state index contributed by atoms with van der Waals surface area (Å²) in [5.74, 6) is 0. The van der Waals surface area contributed by atoms with E-state index in [9.17, 15) is 9.59 Å². The van der Waals surface area contributed by atoms with Gasteiger partial charge in [-0.05, 0) is 31.4 Å². The van der Waals surface area contributed by atoms with E-state index >= 15 is 0 Å². The van der Waals surface area contributed by atoms with E-state index < -0.39 is 12.2 Å². The minimum Gasteiger partial charge on any atom is -0.449 e. The van der Waals surface area contributed by atoms with Crippen LogP contribution >= 0.6 is 0 Å². The zero-order valence-electron chi connectivity index (χ0n) is 14.1. The lowest BCUT2D eigenvalue weighted by molar-refractivity contribution is 0.158. The molecule has 0 aliphatic carbocycles. The van der Waals surface area contributed by atoms with Crippen LogP contribution < -0.4 is 10.6 Å². The highest BCUT2D eigenvalue weighted by Gasteiger charge is 2.13. The fourth-order valence-electron chi connectivity index (χ4n) is 1.84. The molecule has 0 aliphatic heterocycles. The van der Waals surface area contributed by atoms with E-state index in [1.165, 1.54) is 0 Å². The first-order chi connectivity index (χ1) is 11.1. The van der Waals surface area contributed by atoms with E-state index in [2.05, 4.69) is 10.6 Å². The van der Waals surface area contributed by atoms with Gasteiger partial charge in [0, 0.05) is 0 Å². The second-order valence-corrected chi connectivity index (χ2v) is 5.23. The predicted octanol–water partition coefficient (Wildman–Crippen LogP) is 4.69. The van der Waals surface area contributed by atoms with Gasteiger partial charge in [0.05, 0.1) is 24.6 Å². The Bertz CT molecular complexity index is 517. The molecular weight excluding hydrogens is 296 g/mol. The van der Waals surface area contributed by atoms with Crippen molar-refractivity contribution < 1.29 is 19.1 Å². The third kappa shape index (κ3) is 7.04. The van der Waals surface area contributed by atoms with Gasteiger partial charge in [-0.25, -0.2) is 9.59 Å². The van der Waals surface area contributed by atoms with Crippen molar-refractivity contribution in [1.29, 1.82) is 0 Å². The van der Waals surface area contributed by atoms with Gasteiger partial charge in [-0.3, -0.25) is 10.6 Å². The Hall–Kier alpha value is -2.24. The lowest BCUT2D eigenvalue weighted by atomic mass is 10.1. The molecule has 6 nitrogen and oxygen atoms in total. The minimum absolute atomic E-state index is 0.371. The number of hydrogen-bond acceptors (Lipinski definition) is 4. The van der Waals surface area contributed by atoms with Crippen molar-refractivity contribution in [2.24, 2.45) is 0 Å². The van der Waals surface area contributed by atoms with Gasteiger partial charge in [-0.15, -0.1) is 0 Å². The normalized spacial score (nSPS) is 10.0. The Labute approximate surface area is 137 Å². The largest absolute Gasteiger partial charge is 0.449 e. The monoisotopic (exact) mass is 322 g/mol. The summed E-state index contributed by atoms with van der Waals surface area (Å²) >= 11 is 0. The van der Waals surface area contributed by atoms with Gasteiger partial charge in [0.1, 0.15) is 0 Å². The number of carbonyl (C=O) groups excluding carboxylic acids is 2. The summed E-state index contributed by atoms with van der Waals surface area (Å²) in [6.45, 7) is 6.63. The Balaban J connectivity index is 2.67. The number of unbranched alkanes of at least 4 members (excludes halogenated alkanes) is 2. The maximum absolute atomic E-state index is 11.8. The molecule has 0 aromatic heterocycles. The number of hydrogen-bond donors (Lipinski definition) is 2. The summed E-state index contributed by atoms with van der Waals surface area (Å²) in [7, 11) is 0. The van der Waals surface area contributed by atoms with Crippen LogP contribution in [0.3, 0.4) is 0 Å². The summed E-state index contributed by atoms with van der Waals surface area (Å²) < 4.78 is 10.2. The smallest absolute Gasteiger partial charge is 0.411 e. The SMILES string of the molecule is CCCCOC(=O)Nc1cccc(C)c1NC(=O)OCCCC. The highest BCUT2D eigenvalue weighted by Crippen LogP contribution is 2.26. The number of rotatable bonds is 8. The molecule has 0 heterocycles. The molecule has 0 atom stereocenters. The maximum atomic E-state index is 11.8. The van der Waals surface area contributed by atoms with E-state index in [0.29, 0.717) is 24.6 Å². The molecule has 2 amide bonds. The molecule has 6 heteroatoms. The van der Waals surface area contributed by atoms with Crippen LogP contribution in [0.2, 0.25) is 0 Å². The third-order valence-corrected chi connectivity index (χ3v) is 3.20. The number of carbonyl (C=O) groups is 2. The number of para-hydroxylation sites is 1. The Morgan fingerprint density at radius 3 is 2.09 bits per heavy atom. The lowest BCUT2D eigenvalue weighted by Gasteiger charge is -2.15. The molecular formula is C17H26N2O4. The summed E-state index contributed by atoms with van der Waals surface area (Å²) in [5, 5.41) is 5.33. The first-order valence-electron chi connectivity index (χ1n) is 8.05. The highest BCUT2D eigenvalue weighted by molar-refractivity contribution is 5.96. The van der Waals surface area contributed by atoms with Crippen LogP contribution in [0.4, 0.5) is 21.0 Å². The zero-order chi connectivity index (χ0) is 17.1. The molecule has 0 saturated heterocycles. The predicted molar refractivity (Wildman–Crippen MR) is 90.9 cm³/mol. The lowest BCUT2D eigenvalue weighted by Crippen LogP contribution is -2.19. The van der Waals surface area contributed by atoms with Crippen LogP contribution in [0.1, 0.15) is 45.1 Å². The summed E-state index contributed by atoms with van der Waals surface area (Å²) in [5.41, 5.74) is 1.82. The third-order valence-electron chi connectivity index (χ3n) is 3.20. The minimum atomic E-state index is -0.536. The first-order valence-corrected chi connectivity index (χ1v) is 8.05. The first kappa shape index (κ1) is 18.8. The van der Waals surface area contributed by atoms with Crippen molar-refractivity contribution in [3.8, 4) is 0 Å². The number of aryl methyl sites for hydroxylation is 1. The number of benzene rings is 1. The van der Waals surface area contributed by atoms with Crippen molar-refractivity contribution in [3.05, 3.63) is 23.8 Å². The van der Waals surface area contributed by atoms with Crippen molar-refractivity contribution in [1.82, 2.24) is 0 Å². The van der Waals surface area contributed by atoms with E-state index in [1.54, 1.807) is 12.1 Å². The van der Waals surface area contributed by atoms with Crippen LogP contribution in [0.5, 0.6) is 0 Å². The molecule has 0 unspecified atom stereocenters. The maximum Gasteiger partial charge on any atom is 0.411 e. The number of nitrogens with one attached hydrogen (secondary N) is 2. The van der Waals surface area contributed by atoms with E-state index in [-0.39, 0.29) is 0 Å². The van der Waals surface area contributed by atoms with Crippen molar-refractivity contribution >= 4 is 23.6 Å². The average Bonchev–Trinajstić information content (AvgIpc) is 2.51. The summed E-state index contributed by atoms with van der Waals surface area (Å²) in [6.07, 6.45) is 2.47. The molecule has 23 heavy (non-hydrogen) atoms. The Morgan fingerprint density at radius 1 is 0.957 bits per heavy atom. The standard InChI is InChI=1S/C17H26N2O4/c1-4-6-11-22-16(20)18-14-10-8-9-13(3)15(14)19-17(21)23-12-7-5-2/h8-10H,4-7,11-12H2,1-3H3,(H,18,20)(H,19,21). The van der Waals surface area contributed by atoms with E-state index in [4.69, 9.17) is 9.47 Å². The van der Waals surface area contributed by atoms with Crippen LogP contribution in [0.25, 0.3) is 0 Å². The molecule has 0 saturated carbocycles. The zero-order valence-corrected chi connectivity index (χ0v) is 14.1. The molecule has 1 aromatic rings. The van der Waals surface area contributed by atoms with Crippen LogP contribution in [-0.2, 0) is 9.47 Å². The van der Waals surface area contributed by atoms with Crippen molar-refractivity contribution in [2.75, 3.05) is 23.8 Å². The second kappa shape index (κ2) is 10.5. The van der Waals surface area contributed by atoms with Crippen LogP contribution in [0, 0.1) is 6.92 Å². The molecule has 0 aliphatic rings. The number of amides is 2. The van der Waals surface area contributed by atoms with Crippen LogP contribution in [0.15, 0.2) is 18.2 Å². The average molecular weight is 322 g/mol.